The maximum atomic E-state index is 11.5. The lowest BCUT2D eigenvalue weighted by Gasteiger charge is -2.12. The van der Waals surface area contributed by atoms with Crippen LogP contribution in [0.4, 0.5) is 13.2 Å². The van der Waals surface area contributed by atoms with Gasteiger partial charge >= 0.3 is 12.1 Å². The molecule has 0 aromatic heterocycles. The maximum absolute atomic E-state index is 11.5. The van der Waals surface area contributed by atoms with Crippen molar-refractivity contribution in [2.75, 3.05) is 7.11 Å². The van der Waals surface area contributed by atoms with E-state index < -0.39 is 24.7 Å². The number of esters is 1. The van der Waals surface area contributed by atoms with E-state index in [-0.39, 0.29) is 0 Å². The molecular weight excluding hydrogens is 165 g/mol. The molecule has 0 aliphatic carbocycles. The second kappa shape index (κ2) is 3.56. The van der Waals surface area contributed by atoms with Crippen LogP contribution in [0.3, 0.4) is 0 Å². The number of rotatable bonds is 2. The number of aliphatic hydroxyl groups excluding tert-OH is 1. The molecule has 0 amide bonds. The molecule has 0 spiro atoms. The van der Waals surface area contributed by atoms with Gasteiger partial charge in [0.25, 0.3) is 0 Å². The van der Waals surface area contributed by atoms with Crippen molar-refractivity contribution in [2.45, 2.75) is 18.7 Å². The number of hydrogen-bond donors (Lipinski definition) is 1. The van der Waals surface area contributed by atoms with Crippen molar-refractivity contribution < 1.29 is 27.8 Å². The van der Waals surface area contributed by atoms with Gasteiger partial charge in [0, 0.05) is 0 Å². The normalized spacial score (nSPS) is 14.3. The van der Waals surface area contributed by atoms with E-state index in [4.69, 9.17) is 5.11 Å². The molecule has 1 unspecified atom stereocenters. The third kappa shape index (κ3) is 3.82. The summed E-state index contributed by atoms with van der Waals surface area (Å²) in [6, 6.07) is 0. The number of hydrogen-bond acceptors (Lipinski definition) is 3. The number of ether oxygens (including phenoxy) is 1. The van der Waals surface area contributed by atoms with E-state index in [9.17, 15) is 18.0 Å². The van der Waals surface area contributed by atoms with Crippen LogP contribution in [-0.2, 0) is 9.53 Å². The van der Waals surface area contributed by atoms with Gasteiger partial charge in [-0.1, -0.05) is 0 Å². The lowest BCUT2D eigenvalue weighted by Crippen LogP contribution is -2.31. The van der Waals surface area contributed by atoms with E-state index in [1.54, 1.807) is 0 Å². The van der Waals surface area contributed by atoms with Gasteiger partial charge in [0.1, 0.15) is 0 Å². The molecule has 0 fully saturated rings. The number of methoxy groups -OCH3 is 1. The van der Waals surface area contributed by atoms with Crippen LogP contribution in [0.5, 0.6) is 0 Å². The number of halogens is 3. The maximum Gasteiger partial charge on any atom is 0.414 e. The SMILES string of the molecule is COC(=O)CC(O)C(F)(F)F. The highest BCUT2D eigenvalue weighted by atomic mass is 19.4. The molecule has 0 aromatic carbocycles. The van der Waals surface area contributed by atoms with Crippen LogP contribution in [0.1, 0.15) is 6.42 Å². The van der Waals surface area contributed by atoms with Gasteiger partial charge in [0.15, 0.2) is 6.10 Å². The summed E-state index contributed by atoms with van der Waals surface area (Å²) in [6.45, 7) is 0. The minimum atomic E-state index is -4.76. The molecular formula is C5H7F3O3. The second-order valence-corrected chi connectivity index (χ2v) is 1.84. The summed E-state index contributed by atoms with van der Waals surface area (Å²) in [5.41, 5.74) is 0. The van der Waals surface area contributed by atoms with Crippen molar-refractivity contribution in [3.05, 3.63) is 0 Å². The predicted molar refractivity (Wildman–Crippen MR) is 28.7 cm³/mol. The van der Waals surface area contributed by atoms with E-state index in [1.807, 2.05) is 0 Å². The predicted octanol–water partition coefficient (Wildman–Crippen LogP) is 0.473. The Bertz CT molecular complexity index is 142. The Hall–Kier alpha value is -0.780. The Morgan fingerprint density at radius 3 is 2.36 bits per heavy atom. The molecule has 0 aromatic rings. The van der Waals surface area contributed by atoms with Crippen LogP contribution in [0.15, 0.2) is 0 Å². The average molecular weight is 172 g/mol. The minimum Gasteiger partial charge on any atom is -0.469 e. The van der Waals surface area contributed by atoms with Crippen LogP contribution in [0, 0.1) is 0 Å². The van der Waals surface area contributed by atoms with Crippen molar-refractivity contribution in [1.29, 1.82) is 0 Å². The summed E-state index contributed by atoms with van der Waals surface area (Å²) in [5.74, 6) is -1.09. The molecule has 0 rings (SSSR count). The van der Waals surface area contributed by atoms with Gasteiger partial charge in [-0.05, 0) is 0 Å². The van der Waals surface area contributed by atoms with Gasteiger partial charge in [0.05, 0.1) is 13.5 Å². The Morgan fingerprint density at radius 1 is 1.64 bits per heavy atom. The lowest BCUT2D eigenvalue weighted by atomic mass is 10.2. The average Bonchev–Trinajstić information content (AvgIpc) is 1.85. The first-order chi connectivity index (χ1) is 4.88. The lowest BCUT2D eigenvalue weighted by molar-refractivity contribution is -0.209. The summed E-state index contributed by atoms with van der Waals surface area (Å²) in [6.07, 6.45) is -8.44. The van der Waals surface area contributed by atoms with Crippen LogP contribution in [-0.4, -0.2) is 30.5 Å². The molecule has 11 heavy (non-hydrogen) atoms. The molecule has 66 valence electrons. The van der Waals surface area contributed by atoms with Gasteiger partial charge < -0.3 is 9.84 Å². The van der Waals surface area contributed by atoms with Crippen LogP contribution in [0.2, 0.25) is 0 Å². The first kappa shape index (κ1) is 10.2. The largest absolute Gasteiger partial charge is 0.469 e. The summed E-state index contributed by atoms with van der Waals surface area (Å²) in [7, 11) is 0.950. The highest BCUT2D eigenvalue weighted by molar-refractivity contribution is 5.69. The van der Waals surface area contributed by atoms with Crippen molar-refractivity contribution in [3.63, 3.8) is 0 Å². The third-order valence-electron chi connectivity index (χ3n) is 0.966. The van der Waals surface area contributed by atoms with Gasteiger partial charge in [-0.15, -0.1) is 0 Å². The van der Waals surface area contributed by atoms with Crippen LogP contribution < -0.4 is 0 Å². The van der Waals surface area contributed by atoms with Gasteiger partial charge in [-0.2, -0.15) is 13.2 Å². The molecule has 0 heterocycles. The minimum absolute atomic E-state index is 0.950. The van der Waals surface area contributed by atoms with Crippen molar-refractivity contribution in [3.8, 4) is 0 Å². The fourth-order valence-electron chi connectivity index (χ4n) is 0.357. The molecule has 1 atom stereocenters. The zero-order valence-corrected chi connectivity index (χ0v) is 5.68. The van der Waals surface area contributed by atoms with Crippen LogP contribution >= 0.6 is 0 Å². The Morgan fingerprint density at radius 2 is 2.09 bits per heavy atom. The zero-order chi connectivity index (χ0) is 9.07. The fraction of sp³-hybridized carbons (Fsp3) is 0.800. The third-order valence-corrected chi connectivity index (χ3v) is 0.966. The van der Waals surface area contributed by atoms with Crippen LogP contribution in [0.25, 0.3) is 0 Å². The Labute approximate surface area is 60.8 Å². The number of carbonyl (C=O) groups excluding carboxylic acids is 1. The van der Waals surface area contributed by atoms with Gasteiger partial charge in [0.2, 0.25) is 0 Å². The summed E-state index contributed by atoms with van der Waals surface area (Å²) >= 11 is 0. The second-order valence-electron chi connectivity index (χ2n) is 1.84. The summed E-state index contributed by atoms with van der Waals surface area (Å²) in [4.78, 5) is 10.2. The summed E-state index contributed by atoms with van der Waals surface area (Å²) in [5, 5.41) is 8.26. The molecule has 0 bridgehead atoms. The Kier molecular flexibility index (Phi) is 3.31. The Balaban J connectivity index is 3.87. The topological polar surface area (TPSA) is 46.5 Å². The fourth-order valence-corrected chi connectivity index (χ4v) is 0.357. The monoisotopic (exact) mass is 172 g/mol. The van der Waals surface area contributed by atoms with E-state index in [2.05, 4.69) is 4.74 Å². The number of aliphatic hydroxyl groups is 1. The molecule has 1 N–H and O–H groups in total. The first-order valence-electron chi connectivity index (χ1n) is 2.69. The number of alkyl halides is 3. The van der Waals surface area contributed by atoms with Gasteiger partial charge in [-0.25, -0.2) is 0 Å². The van der Waals surface area contributed by atoms with E-state index in [0.29, 0.717) is 0 Å². The highest BCUT2D eigenvalue weighted by Crippen LogP contribution is 2.22. The standard InChI is InChI=1S/C5H7F3O3/c1-11-4(10)2-3(9)5(6,7)8/h3,9H,2H2,1H3. The zero-order valence-electron chi connectivity index (χ0n) is 5.68. The first-order valence-corrected chi connectivity index (χ1v) is 2.69. The van der Waals surface area contributed by atoms with Crippen molar-refractivity contribution >= 4 is 5.97 Å². The summed E-state index contributed by atoms with van der Waals surface area (Å²) < 4.78 is 38.4. The quantitative estimate of drug-likeness (QED) is 0.616. The highest BCUT2D eigenvalue weighted by Gasteiger charge is 2.39. The van der Waals surface area contributed by atoms with E-state index in [0.717, 1.165) is 7.11 Å². The molecule has 0 saturated carbocycles. The van der Waals surface area contributed by atoms with Crippen molar-refractivity contribution in [1.82, 2.24) is 0 Å². The van der Waals surface area contributed by atoms with E-state index in [1.165, 1.54) is 0 Å². The molecule has 6 heteroatoms. The molecule has 0 radical (unpaired) electrons. The van der Waals surface area contributed by atoms with Gasteiger partial charge in [-0.3, -0.25) is 4.79 Å². The number of carbonyl (C=O) groups is 1. The molecule has 3 nitrogen and oxygen atoms in total. The van der Waals surface area contributed by atoms with Crippen molar-refractivity contribution in [2.24, 2.45) is 0 Å². The molecule has 0 aliphatic heterocycles. The smallest absolute Gasteiger partial charge is 0.414 e. The molecule has 0 saturated heterocycles. The molecule has 0 aliphatic rings. The van der Waals surface area contributed by atoms with E-state index >= 15 is 0 Å².